The van der Waals surface area contributed by atoms with Crippen LogP contribution in [-0.4, -0.2) is 13.7 Å². The number of hydrogen-bond donors (Lipinski definition) is 1. The predicted octanol–water partition coefficient (Wildman–Crippen LogP) is 2.87. The van der Waals surface area contributed by atoms with Crippen molar-refractivity contribution < 1.29 is 13.2 Å². The fourth-order valence-electron chi connectivity index (χ4n) is 1.51. The summed E-state index contributed by atoms with van der Waals surface area (Å²) in [5.41, 5.74) is 0.586. The number of carbonyl (C=O) groups excluding carboxylic acids is 1. The van der Waals surface area contributed by atoms with Gasteiger partial charge in [-0.1, -0.05) is 30.3 Å². The Morgan fingerprint density at radius 2 is 1.68 bits per heavy atom. The van der Waals surface area contributed by atoms with Crippen LogP contribution in [0.5, 0.6) is 0 Å². The van der Waals surface area contributed by atoms with E-state index >= 15 is 0 Å². The molecular formula is C13H10ClNO3S. The second-order valence-corrected chi connectivity index (χ2v) is 5.80. The van der Waals surface area contributed by atoms with Gasteiger partial charge in [0.1, 0.15) is 0 Å². The van der Waals surface area contributed by atoms with Gasteiger partial charge in [-0.3, -0.25) is 9.52 Å². The molecule has 0 aliphatic carbocycles. The highest BCUT2D eigenvalue weighted by Crippen LogP contribution is 2.17. The zero-order chi connectivity index (χ0) is 13.9. The van der Waals surface area contributed by atoms with Crippen molar-refractivity contribution >= 4 is 32.6 Å². The molecule has 6 heteroatoms. The zero-order valence-corrected chi connectivity index (χ0v) is 11.3. The Balaban J connectivity index is 2.35. The first-order valence-electron chi connectivity index (χ1n) is 5.37. The lowest BCUT2D eigenvalue weighted by Crippen LogP contribution is -2.13. The molecule has 0 fully saturated rings. The molecule has 2 aromatic rings. The highest BCUT2D eigenvalue weighted by molar-refractivity contribution is 7.92. The number of sulfonamides is 1. The second kappa shape index (κ2) is 5.42. The van der Waals surface area contributed by atoms with Gasteiger partial charge in [-0.2, -0.15) is 0 Å². The number of rotatable bonds is 4. The smallest absolute Gasteiger partial charge is 0.261 e. The van der Waals surface area contributed by atoms with Crippen LogP contribution in [0.3, 0.4) is 0 Å². The maximum absolute atomic E-state index is 12.1. The van der Waals surface area contributed by atoms with E-state index in [0.29, 0.717) is 5.69 Å². The largest absolute Gasteiger partial charge is 0.280 e. The summed E-state index contributed by atoms with van der Waals surface area (Å²) in [5, 5.41) is -0.697. The van der Waals surface area contributed by atoms with E-state index in [1.807, 2.05) is 0 Å². The van der Waals surface area contributed by atoms with Crippen LogP contribution in [0.1, 0.15) is 10.4 Å². The molecule has 0 spiro atoms. The molecule has 1 N–H and O–H groups in total. The van der Waals surface area contributed by atoms with Gasteiger partial charge >= 0.3 is 0 Å². The average molecular weight is 296 g/mol. The molecule has 0 aliphatic heterocycles. The van der Waals surface area contributed by atoms with Gasteiger partial charge < -0.3 is 0 Å². The van der Waals surface area contributed by atoms with Gasteiger partial charge in [0.15, 0.2) is 0 Å². The van der Waals surface area contributed by atoms with E-state index < -0.39 is 15.3 Å². The van der Waals surface area contributed by atoms with Crippen molar-refractivity contribution in [1.29, 1.82) is 0 Å². The van der Waals surface area contributed by atoms with Crippen molar-refractivity contribution in [2.45, 2.75) is 4.90 Å². The molecule has 0 aliphatic rings. The molecule has 0 saturated carbocycles. The average Bonchev–Trinajstić information content (AvgIpc) is 2.39. The summed E-state index contributed by atoms with van der Waals surface area (Å²) in [6.45, 7) is 0. The number of nitrogens with one attached hydrogen (secondary N) is 1. The van der Waals surface area contributed by atoms with Gasteiger partial charge in [0, 0.05) is 11.3 Å². The Morgan fingerprint density at radius 1 is 1.00 bits per heavy atom. The Kier molecular flexibility index (Phi) is 3.87. The highest BCUT2D eigenvalue weighted by Gasteiger charge is 2.15. The first-order valence-corrected chi connectivity index (χ1v) is 7.23. The summed E-state index contributed by atoms with van der Waals surface area (Å²) in [7, 11) is -3.73. The van der Waals surface area contributed by atoms with E-state index in [9.17, 15) is 13.2 Å². The lowest BCUT2D eigenvalue weighted by molar-refractivity contribution is 0.108. The monoisotopic (exact) mass is 295 g/mol. The Bertz CT molecular complexity index is 699. The number of hydrogen-bond acceptors (Lipinski definition) is 3. The van der Waals surface area contributed by atoms with Crippen LogP contribution in [0.2, 0.25) is 0 Å². The maximum Gasteiger partial charge on any atom is 0.261 e. The van der Waals surface area contributed by atoms with Gasteiger partial charge in [-0.15, -0.1) is 0 Å². The normalized spacial score (nSPS) is 11.0. The minimum absolute atomic E-state index is 0.0112. The van der Waals surface area contributed by atoms with E-state index in [-0.39, 0.29) is 10.5 Å². The Morgan fingerprint density at radius 3 is 2.32 bits per heavy atom. The van der Waals surface area contributed by atoms with Crippen molar-refractivity contribution in [1.82, 2.24) is 0 Å². The quantitative estimate of drug-likeness (QED) is 0.882. The Hall–Kier alpha value is -1.85. The third kappa shape index (κ3) is 3.33. The molecule has 0 heterocycles. The van der Waals surface area contributed by atoms with Crippen molar-refractivity contribution in [2.24, 2.45) is 0 Å². The summed E-state index contributed by atoms with van der Waals surface area (Å²) >= 11 is 5.33. The molecule has 2 rings (SSSR count). The van der Waals surface area contributed by atoms with Crippen LogP contribution >= 0.6 is 11.6 Å². The molecular weight excluding hydrogens is 286 g/mol. The molecule has 0 aromatic heterocycles. The fourth-order valence-corrected chi connectivity index (χ4v) is 2.73. The van der Waals surface area contributed by atoms with E-state index in [1.54, 1.807) is 30.3 Å². The summed E-state index contributed by atoms with van der Waals surface area (Å²) in [4.78, 5) is 11.0. The number of carbonyl (C=O) groups is 1. The SMILES string of the molecule is O=C(Cl)c1cccc(S(=O)(=O)Nc2ccccc2)c1. The van der Waals surface area contributed by atoms with Crippen LogP contribution in [0.25, 0.3) is 0 Å². The van der Waals surface area contributed by atoms with Gasteiger partial charge in [0.2, 0.25) is 0 Å². The van der Waals surface area contributed by atoms with Gasteiger partial charge in [0.25, 0.3) is 15.3 Å². The predicted molar refractivity (Wildman–Crippen MR) is 73.9 cm³/mol. The standard InChI is InChI=1S/C13H10ClNO3S/c14-13(16)10-5-4-8-12(9-10)19(17,18)15-11-6-2-1-3-7-11/h1-9,15H. The first-order chi connectivity index (χ1) is 8.99. The summed E-state index contributed by atoms with van der Waals surface area (Å²) in [6, 6.07) is 14.0. The van der Waals surface area contributed by atoms with Crippen molar-refractivity contribution in [2.75, 3.05) is 4.72 Å². The molecule has 4 nitrogen and oxygen atoms in total. The van der Waals surface area contributed by atoms with Gasteiger partial charge in [0.05, 0.1) is 4.90 Å². The lowest BCUT2D eigenvalue weighted by atomic mass is 10.2. The summed E-state index contributed by atoms with van der Waals surface area (Å²) in [5.74, 6) is 0. The van der Waals surface area contributed by atoms with E-state index in [0.717, 1.165) is 0 Å². The fraction of sp³-hybridized carbons (Fsp3) is 0. The van der Waals surface area contributed by atoms with Crippen LogP contribution in [0, 0.1) is 0 Å². The highest BCUT2D eigenvalue weighted by atomic mass is 35.5. The van der Waals surface area contributed by atoms with E-state index in [4.69, 9.17) is 11.6 Å². The van der Waals surface area contributed by atoms with Gasteiger partial charge in [-0.25, -0.2) is 8.42 Å². The molecule has 0 amide bonds. The molecule has 0 bridgehead atoms. The van der Waals surface area contributed by atoms with E-state index in [1.165, 1.54) is 24.3 Å². The molecule has 0 radical (unpaired) electrons. The molecule has 0 atom stereocenters. The molecule has 19 heavy (non-hydrogen) atoms. The third-order valence-corrected chi connectivity index (χ3v) is 3.99. The number of halogens is 1. The maximum atomic E-state index is 12.1. The number of para-hydroxylation sites is 1. The van der Waals surface area contributed by atoms with Crippen molar-refractivity contribution in [3.8, 4) is 0 Å². The van der Waals surface area contributed by atoms with Crippen LogP contribution in [0.15, 0.2) is 59.5 Å². The second-order valence-electron chi connectivity index (χ2n) is 3.77. The first kappa shape index (κ1) is 13.6. The van der Waals surface area contributed by atoms with Crippen molar-refractivity contribution in [3.05, 3.63) is 60.2 Å². The van der Waals surface area contributed by atoms with Crippen LogP contribution in [-0.2, 0) is 10.0 Å². The topological polar surface area (TPSA) is 63.2 Å². The van der Waals surface area contributed by atoms with Crippen LogP contribution in [0.4, 0.5) is 5.69 Å². The molecule has 2 aromatic carbocycles. The minimum Gasteiger partial charge on any atom is -0.280 e. The number of anilines is 1. The van der Waals surface area contributed by atoms with Gasteiger partial charge in [-0.05, 0) is 35.9 Å². The summed E-state index contributed by atoms with van der Waals surface area (Å²) < 4.78 is 26.6. The zero-order valence-electron chi connectivity index (χ0n) is 9.71. The van der Waals surface area contributed by atoms with E-state index in [2.05, 4.69) is 4.72 Å². The molecule has 0 saturated heterocycles. The lowest BCUT2D eigenvalue weighted by Gasteiger charge is -2.08. The third-order valence-electron chi connectivity index (χ3n) is 2.40. The van der Waals surface area contributed by atoms with Crippen LogP contribution < -0.4 is 4.72 Å². The number of benzene rings is 2. The molecule has 0 unspecified atom stereocenters. The summed E-state index contributed by atoms with van der Waals surface area (Å²) in [6.07, 6.45) is 0. The van der Waals surface area contributed by atoms with Crippen molar-refractivity contribution in [3.63, 3.8) is 0 Å². The Labute approximate surface area is 116 Å². The minimum atomic E-state index is -3.73. The molecule has 98 valence electrons.